The Morgan fingerprint density at radius 1 is 1.00 bits per heavy atom. The Labute approximate surface area is 94.2 Å². The van der Waals surface area contributed by atoms with Crippen molar-refractivity contribution in [3.8, 4) is 0 Å². The lowest BCUT2D eigenvalue weighted by Crippen LogP contribution is -1.93. The highest BCUT2D eigenvalue weighted by Gasteiger charge is 1.98. The van der Waals surface area contributed by atoms with Crippen LogP contribution in [-0.4, -0.2) is 4.98 Å². The molecule has 0 aliphatic carbocycles. The summed E-state index contributed by atoms with van der Waals surface area (Å²) in [5.74, 6) is -0.477. The minimum absolute atomic E-state index is 0.477. The van der Waals surface area contributed by atoms with E-state index in [4.69, 9.17) is 0 Å². The zero-order valence-corrected chi connectivity index (χ0v) is 9.29. The molecular weight excluding hydrogens is 203 g/mol. The van der Waals surface area contributed by atoms with Crippen LogP contribution in [0.3, 0.4) is 0 Å². The molecule has 3 heteroatoms. The molecule has 1 N–H and O–H groups in total. The molecule has 16 heavy (non-hydrogen) atoms. The quantitative estimate of drug-likeness (QED) is 0.776. The van der Waals surface area contributed by atoms with E-state index < -0.39 is 5.95 Å². The molecule has 0 saturated carbocycles. The van der Waals surface area contributed by atoms with Crippen LogP contribution in [0.5, 0.6) is 0 Å². The Hall–Kier alpha value is -1.90. The largest absolute Gasteiger partial charge is 0.355 e. The summed E-state index contributed by atoms with van der Waals surface area (Å²) in [5.41, 5.74) is 4.02. The second-order valence-electron chi connectivity index (χ2n) is 3.87. The van der Waals surface area contributed by atoms with Gasteiger partial charge in [0.05, 0.1) is 0 Å². The summed E-state index contributed by atoms with van der Waals surface area (Å²) in [6.07, 6.45) is 1.44. The van der Waals surface area contributed by atoms with E-state index >= 15 is 0 Å². The Kier molecular flexibility index (Phi) is 2.86. The maximum atomic E-state index is 12.9. The van der Waals surface area contributed by atoms with Gasteiger partial charge >= 0.3 is 0 Å². The van der Waals surface area contributed by atoms with E-state index in [1.54, 1.807) is 6.07 Å². The lowest BCUT2D eigenvalue weighted by Gasteiger charge is -2.08. The minimum Gasteiger partial charge on any atom is -0.355 e. The van der Waals surface area contributed by atoms with Crippen molar-refractivity contribution in [3.05, 3.63) is 53.6 Å². The number of aryl methyl sites for hydroxylation is 2. The molecule has 1 heterocycles. The first-order valence-corrected chi connectivity index (χ1v) is 5.10. The van der Waals surface area contributed by atoms with E-state index in [1.165, 1.54) is 23.4 Å². The summed E-state index contributed by atoms with van der Waals surface area (Å²) in [5, 5.41) is 3.15. The Bertz CT molecular complexity index is 489. The van der Waals surface area contributed by atoms with Crippen LogP contribution in [0, 0.1) is 19.8 Å². The van der Waals surface area contributed by atoms with Crippen molar-refractivity contribution >= 4 is 11.4 Å². The third-order valence-corrected chi connectivity index (χ3v) is 2.24. The molecule has 0 fully saturated rings. The standard InChI is InChI=1S/C13H13FN2/c1-9-5-10(2)7-12(6-9)16-11-3-4-15-13(14)8-11/h3-8H,1-2H3,(H,15,16). The van der Waals surface area contributed by atoms with Gasteiger partial charge < -0.3 is 5.32 Å². The Balaban J connectivity index is 2.27. The number of nitrogens with one attached hydrogen (secondary N) is 1. The van der Waals surface area contributed by atoms with Crippen LogP contribution in [0.25, 0.3) is 0 Å². The number of hydrogen-bond donors (Lipinski definition) is 1. The molecule has 2 aromatic rings. The van der Waals surface area contributed by atoms with Gasteiger partial charge in [0.1, 0.15) is 0 Å². The van der Waals surface area contributed by atoms with Gasteiger partial charge in [-0.1, -0.05) is 6.07 Å². The summed E-state index contributed by atoms with van der Waals surface area (Å²) in [6.45, 7) is 4.07. The van der Waals surface area contributed by atoms with Gasteiger partial charge in [-0.2, -0.15) is 4.39 Å². The monoisotopic (exact) mass is 216 g/mol. The minimum atomic E-state index is -0.477. The van der Waals surface area contributed by atoms with E-state index in [2.05, 4.69) is 16.4 Å². The SMILES string of the molecule is Cc1cc(C)cc(Nc2ccnc(F)c2)c1. The smallest absolute Gasteiger partial charge is 0.214 e. The molecule has 0 unspecified atom stereocenters. The molecular formula is C13H13FN2. The molecule has 1 aromatic carbocycles. The van der Waals surface area contributed by atoms with Gasteiger partial charge in [0, 0.05) is 23.6 Å². The van der Waals surface area contributed by atoms with Gasteiger partial charge in [-0.25, -0.2) is 4.98 Å². The summed E-state index contributed by atoms with van der Waals surface area (Å²) < 4.78 is 12.9. The number of benzene rings is 1. The molecule has 1 aromatic heterocycles. The van der Waals surface area contributed by atoms with Gasteiger partial charge in [-0.15, -0.1) is 0 Å². The van der Waals surface area contributed by atoms with Gasteiger partial charge in [0.25, 0.3) is 0 Å². The molecule has 0 bridgehead atoms. The molecule has 2 nitrogen and oxygen atoms in total. The zero-order chi connectivity index (χ0) is 11.5. The first-order chi connectivity index (χ1) is 7.63. The van der Waals surface area contributed by atoms with Crippen LogP contribution in [0.2, 0.25) is 0 Å². The molecule has 0 saturated heterocycles. The van der Waals surface area contributed by atoms with Gasteiger partial charge in [-0.05, 0) is 43.2 Å². The van der Waals surface area contributed by atoms with E-state index in [0.29, 0.717) is 5.69 Å². The van der Waals surface area contributed by atoms with E-state index in [1.807, 2.05) is 26.0 Å². The van der Waals surface area contributed by atoms with Crippen molar-refractivity contribution in [2.24, 2.45) is 0 Å². The van der Waals surface area contributed by atoms with Crippen molar-refractivity contribution in [2.75, 3.05) is 5.32 Å². The van der Waals surface area contributed by atoms with E-state index in [9.17, 15) is 4.39 Å². The number of pyridine rings is 1. The highest BCUT2D eigenvalue weighted by Crippen LogP contribution is 2.19. The second kappa shape index (κ2) is 4.31. The first-order valence-electron chi connectivity index (χ1n) is 5.10. The molecule has 82 valence electrons. The molecule has 0 atom stereocenters. The molecule has 0 aliphatic heterocycles. The fraction of sp³-hybridized carbons (Fsp3) is 0.154. The van der Waals surface area contributed by atoms with Crippen LogP contribution < -0.4 is 5.32 Å². The lowest BCUT2D eigenvalue weighted by atomic mass is 10.1. The topological polar surface area (TPSA) is 24.9 Å². The predicted molar refractivity (Wildman–Crippen MR) is 63.4 cm³/mol. The van der Waals surface area contributed by atoms with Gasteiger partial charge in [0.2, 0.25) is 5.95 Å². The molecule has 2 rings (SSSR count). The van der Waals surface area contributed by atoms with Crippen LogP contribution in [0.15, 0.2) is 36.5 Å². The average molecular weight is 216 g/mol. The number of aromatic nitrogens is 1. The van der Waals surface area contributed by atoms with Gasteiger partial charge in [-0.3, -0.25) is 0 Å². The summed E-state index contributed by atoms with van der Waals surface area (Å²) in [4.78, 5) is 3.51. The predicted octanol–water partition coefficient (Wildman–Crippen LogP) is 3.58. The first kappa shape index (κ1) is 10.6. The van der Waals surface area contributed by atoms with Crippen molar-refractivity contribution < 1.29 is 4.39 Å². The molecule has 0 spiro atoms. The third kappa shape index (κ3) is 2.57. The van der Waals surface area contributed by atoms with Crippen LogP contribution in [0.4, 0.5) is 15.8 Å². The highest BCUT2D eigenvalue weighted by molar-refractivity contribution is 5.60. The third-order valence-electron chi connectivity index (χ3n) is 2.24. The van der Waals surface area contributed by atoms with Crippen molar-refractivity contribution in [1.82, 2.24) is 4.98 Å². The maximum absolute atomic E-state index is 12.9. The Morgan fingerprint density at radius 3 is 2.31 bits per heavy atom. The van der Waals surface area contributed by atoms with Crippen molar-refractivity contribution in [1.29, 1.82) is 0 Å². The average Bonchev–Trinajstić information content (AvgIpc) is 2.15. The number of nitrogens with zero attached hydrogens (tertiary/aromatic N) is 1. The maximum Gasteiger partial charge on any atom is 0.214 e. The number of halogens is 1. The van der Waals surface area contributed by atoms with Crippen LogP contribution in [-0.2, 0) is 0 Å². The summed E-state index contributed by atoms with van der Waals surface area (Å²) in [6, 6.07) is 9.24. The second-order valence-corrected chi connectivity index (χ2v) is 3.87. The summed E-state index contributed by atoms with van der Waals surface area (Å²) >= 11 is 0. The lowest BCUT2D eigenvalue weighted by molar-refractivity contribution is 0.584. The van der Waals surface area contributed by atoms with Crippen molar-refractivity contribution in [2.45, 2.75) is 13.8 Å². The van der Waals surface area contributed by atoms with E-state index in [-0.39, 0.29) is 0 Å². The van der Waals surface area contributed by atoms with Crippen molar-refractivity contribution in [3.63, 3.8) is 0 Å². The van der Waals surface area contributed by atoms with Gasteiger partial charge in [0.15, 0.2) is 0 Å². The van der Waals surface area contributed by atoms with Crippen LogP contribution >= 0.6 is 0 Å². The number of hydrogen-bond acceptors (Lipinski definition) is 2. The van der Waals surface area contributed by atoms with E-state index in [0.717, 1.165) is 5.69 Å². The fourth-order valence-corrected chi connectivity index (χ4v) is 1.69. The number of anilines is 2. The zero-order valence-electron chi connectivity index (χ0n) is 9.29. The number of rotatable bonds is 2. The fourth-order valence-electron chi connectivity index (χ4n) is 1.69. The molecule has 0 aliphatic rings. The van der Waals surface area contributed by atoms with Crippen LogP contribution in [0.1, 0.15) is 11.1 Å². The Morgan fingerprint density at radius 2 is 1.69 bits per heavy atom. The molecule has 0 amide bonds. The normalized spacial score (nSPS) is 10.2. The molecule has 0 radical (unpaired) electrons. The highest BCUT2D eigenvalue weighted by atomic mass is 19.1. The summed E-state index contributed by atoms with van der Waals surface area (Å²) in [7, 11) is 0.